The minimum Gasteiger partial charge on any atom is -0.469 e. The minimum atomic E-state index is 0.649. The average Bonchev–Trinajstić information content (AvgIpc) is 3.25. The van der Waals surface area contributed by atoms with E-state index in [0.29, 0.717) is 13.2 Å². The van der Waals surface area contributed by atoms with E-state index < -0.39 is 0 Å². The second kappa shape index (κ2) is 14.4. The van der Waals surface area contributed by atoms with Crippen LogP contribution in [0.15, 0.2) is 27.8 Å². The highest BCUT2D eigenvalue weighted by atomic mass is 16.5. The molecule has 0 bridgehead atoms. The Morgan fingerprint density at radius 1 is 1.24 bits per heavy atom. The Labute approximate surface area is 176 Å². The summed E-state index contributed by atoms with van der Waals surface area (Å²) < 4.78 is 15.7. The van der Waals surface area contributed by atoms with Crippen LogP contribution in [0.3, 0.4) is 0 Å². The van der Waals surface area contributed by atoms with E-state index in [1.807, 2.05) is 12.1 Å². The van der Waals surface area contributed by atoms with E-state index in [1.165, 1.54) is 25.7 Å². The van der Waals surface area contributed by atoms with Gasteiger partial charge in [-0.1, -0.05) is 0 Å². The Bertz CT molecular complexity index is 542. The molecule has 0 unspecified atom stereocenters. The number of likely N-dealkylation sites (tertiary alicyclic amines) is 1. The van der Waals surface area contributed by atoms with Gasteiger partial charge in [-0.2, -0.15) is 0 Å². The zero-order valence-corrected chi connectivity index (χ0v) is 18.6. The summed E-state index contributed by atoms with van der Waals surface area (Å²) in [4.78, 5) is 9.52. The Hall–Kier alpha value is -1.57. The van der Waals surface area contributed by atoms with Gasteiger partial charge in [-0.15, -0.1) is 0 Å². The van der Waals surface area contributed by atoms with Gasteiger partial charge >= 0.3 is 0 Å². The number of piperidine rings is 1. The van der Waals surface area contributed by atoms with Crippen LogP contribution in [0.4, 0.5) is 0 Å². The maximum atomic E-state index is 5.43. The molecular formula is C22H40N4O3. The van der Waals surface area contributed by atoms with Crippen molar-refractivity contribution >= 4 is 5.96 Å². The molecule has 1 aliphatic rings. The first-order valence-electron chi connectivity index (χ1n) is 10.9. The molecular weight excluding hydrogens is 368 g/mol. The maximum Gasteiger partial charge on any atom is 0.194 e. The third-order valence-corrected chi connectivity index (χ3v) is 5.54. The number of hydrogen-bond acceptors (Lipinski definition) is 5. The second-order valence-electron chi connectivity index (χ2n) is 7.82. The van der Waals surface area contributed by atoms with Gasteiger partial charge in [0.05, 0.1) is 26.0 Å². The van der Waals surface area contributed by atoms with E-state index in [9.17, 15) is 0 Å². The van der Waals surface area contributed by atoms with Gasteiger partial charge in [-0.3, -0.25) is 4.99 Å². The van der Waals surface area contributed by atoms with Crippen LogP contribution >= 0.6 is 0 Å². The van der Waals surface area contributed by atoms with Gasteiger partial charge in [0, 0.05) is 46.8 Å². The minimum absolute atomic E-state index is 0.649. The number of likely N-dealkylation sites (N-methyl/N-ethyl adjacent to an activating group) is 1. The van der Waals surface area contributed by atoms with Gasteiger partial charge in [0.1, 0.15) is 5.76 Å². The van der Waals surface area contributed by atoms with E-state index in [2.05, 4.69) is 22.2 Å². The van der Waals surface area contributed by atoms with Crippen LogP contribution in [0, 0.1) is 5.92 Å². The molecule has 1 aliphatic heterocycles. The number of rotatable bonds is 13. The summed E-state index contributed by atoms with van der Waals surface area (Å²) in [6.45, 7) is 7.29. The molecule has 0 radical (unpaired) electrons. The molecule has 7 nitrogen and oxygen atoms in total. The van der Waals surface area contributed by atoms with Crippen molar-refractivity contribution in [2.24, 2.45) is 10.9 Å². The standard InChI is InChI=1S/C22H40N4O3/c1-25(16-19-28-3)13-4-6-20-9-14-26(15-10-20)22(24-12-18-27-2)23-11-8-21-7-5-17-29-21/h5,7,17,20H,4,6,8-16,18-19H2,1-3H3,(H,23,24). The number of nitrogens with zero attached hydrogens (tertiary/aromatic N) is 3. The number of methoxy groups -OCH3 is 2. The van der Waals surface area contributed by atoms with Crippen LogP contribution in [0.5, 0.6) is 0 Å². The number of ether oxygens (including phenoxy) is 2. The molecule has 0 aliphatic carbocycles. The van der Waals surface area contributed by atoms with Crippen LogP contribution in [0.2, 0.25) is 0 Å². The van der Waals surface area contributed by atoms with E-state index >= 15 is 0 Å². The predicted octanol–water partition coefficient (Wildman–Crippen LogP) is 2.48. The molecule has 166 valence electrons. The molecule has 1 aromatic rings. The van der Waals surface area contributed by atoms with Crippen molar-refractivity contribution in [1.29, 1.82) is 0 Å². The molecule has 2 heterocycles. The topological polar surface area (TPSA) is 62.5 Å². The fraction of sp³-hybridized carbons (Fsp3) is 0.773. The van der Waals surface area contributed by atoms with Crippen LogP contribution in [-0.4, -0.2) is 89.5 Å². The maximum absolute atomic E-state index is 5.43. The van der Waals surface area contributed by atoms with Crippen molar-refractivity contribution in [3.63, 3.8) is 0 Å². The summed E-state index contributed by atoms with van der Waals surface area (Å²) >= 11 is 0. The van der Waals surface area contributed by atoms with Crippen molar-refractivity contribution < 1.29 is 13.9 Å². The Morgan fingerprint density at radius 2 is 2.03 bits per heavy atom. The van der Waals surface area contributed by atoms with Crippen molar-refractivity contribution in [2.75, 3.05) is 73.7 Å². The lowest BCUT2D eigenvalue weighted by Crippen LogP contribution is -2.46. The first-order valence-corrected chi connectivity index (χ1v) is 10.9. The number of guanidine groups is 1. The molecule has 0 atom stereocenters. The lowest BCUT2D eigenvalue weighted by molar-refractivity contribution is 0.158. The number of nitrogens with one attached hydrogen (secondary N) is 1. The lowest BCUT2D eigenvalue weighted by atomic mass is 9.92. The predicted molar refractivity (Wildman–Crippen MR) is 117 cm³/mol. The molecule has 0 aromatic carbocycles. The third kappa shape index (κ3) is 9.65. The van der Waals surface area contributed by atoms with Crippen molar-refractivity contribution in [3.8, 4) is 0 Å². The quantitative estimate of drug-likeness (QED) is 0.307. The molecule has 1 fully saturated rings. The van der Waals surface area contributed by atoms with Crippen molar-refractivity contribution in [2.45, 2.75) is 32.1 Å². The van der Waals surface area contributed by atoms with E-state index in [-0.39, 0.29) is 0 Å². The van der Waals surface area contributed by atoms with Crippen LogP contribution in [-0.2, 0) is 15.9 Å². The van der Waals surface area contributed by atoms with Crippen LogP contribution in [0.1, 0.15) is 31.4 Å². The molecule has 0 saturated carbocycles. The Morgan fingerprint density at radius 3 is 2.72 bits per heavy atom. The zero-order valence-electron chi connectivity index (χ0n) is 18.6. The fourth-order valence-electron chi connectivity index (χ4n) is 3.71. The summed E-state index contributed by atoms with van der Waals surface area (Å²) in [6.07, 6.45) is 7.65. The van der Waals surface area contributed by atoms with Gasteiger partial charge in [-0.05, 0) is 57.3 Å². The number of furan rings is 1. The summed E-state index contributed by atoms with van der Waals surface area (Å²) in [5, 5.41) is 3.52. The summed E-state index contributed by atoms with van der Waals surface area (Å²) in [7, 11) is 5.66. The molecule has 29 heavy (non-hydrogen) atoms. The van der Waals surface area contributed by atoms with E-state index in [4.69, 9.17) is 18.9 Å². The van der Waals surface area contributed by atoms with Gasteiger partial charge in [-0.25, -0.2) is 0 Å². The molecule has 0 spiro atoms. The molecule has 1 N–H and O–H groups in total. The summed E-state index contributed by atoms with van der Waals surface area (Å²) in [5.74, 6) is 2.83. The fourth-order valence-corrected chi connectivity index (χ4v) is 3.71. The number of aliphatic imine (C=N–C) groups is 1. The molecule has 2 rings (SSSR count). The Kier molecular flexibility index (Phi) is 11.8. The van der Waals surface area contributed by atoms with Crippen LogP contribution < -0.4 is 5.32 Å². The average molecular weight is 409 g/mol. The lowest BCUT2D eigenvalue weighted by Gasteiger charge is -2.34. The van der Waals surface area contributed by atoms with E-state index in [0.717, 1.165) is 63.4 Å². The highest BCUT2D eigenvalue weighted by molar-refractivity contribution is 5.80. The molecule has 0 amide bonds. The summed E-state index contributed by atoms with van der Waals surface area (Å²) in [5.41, 5.74) is 0. The second-order valence-corrected chi connectivity index (χ2v) is 7.82. The van der Waals surface area contributed by atoms with E-state index in [1.54, 1.807) is 20.5 Å². The number of hydrogen-bond donors (Lipinski definition) is 1. The largest absolute Gasteiger partial charge is 0.469 e. The van der Waals surface area contributed by atoms with Crippen molar-refractivity contribution in [1.82, 2.24) is 15.1 Å². The normalized spacial score (nSPS) is 16.0. The molecule has 1 aromatic heterocycles. The van der Waals surface area contributed by atoms with Crippen molar-refractivity contribution in [3.05, 3.63) is 24.2 Å². The Balaban J connectivity index is 1.71. The van der Waals surface area contributed by atoms with Gasteiger partial charge in [0.25, 0.3) is 0 Å². The van der Waals surface area contributed by atoms with Gasteiger partial charge in [0.15, 0.2) is 5.96 Å². The zero-order chi connectivity index (χ0) is 20.7. The smallest absolute Gasteiger partial charge is 0.194 e. The first-order chi connectivity index (χ1) is 14.2. The highest BCUT2D eigenvalue weighted by Gasteiger charge is 2.21. The van der Waals surface area contributed by atoms with Gasteiger partial charge in [0.2, 0.25) is 0 Å². The first kappa shape index (κ1) is 23.7. The SMILES string of the molecule is COCCN=C(NCCc1ccco1)N1CCC(CCCN(C)CCOC)CC1. The van der Waals surface area contributed by atoms with Crippen LogP contribution in [0.25, 0.3) is 0 Å². The summed E-state index contributed by atoms with van der Waals surface area (Å²) in [6, 6.07) is 3.95. The molecule has 1 saturated heterocycles. The highest BCUT2D eigenvalue weighted by Crippen LogP contribution is 2.22. The third-order valence-electron chi connectivity index (χ3n) is 5.54. The monoisotopic (exact) mass is 408 g/mol. The molecule has 7 heteroatoms. The van der Waals surface area contributed by atoms with Gasteiger partial charge < -0.3 is 29.0 Å².